The Labute approximate surface area is 105 Å². The van der Waals surface area contributed by atoms with E-state index in [9.17, 15) is 4.79 Å². The monoisotopic (exact) mass is 247 g/mol. The van der Waals surface area contributed by atoms with Crippen LogP contribution in [-0.4, -0.2) is 29.7 Å². The van der Waals surface area contributed by atoms with Gasteiger partial charge in [-0.15, -0.1) is 0 Å². The van der Waals surface area contributed by atoms with Crippen molar-refractivity contribution in [3.05, 3.63) is 28.7 Å². The van der Waals surface area contributed by atoms with E-state index in [-0.39, 0.29) is 5.69 Å². The fourth-order valence-corrected chi connectivity index (χ4v) is 2.36. The van der Waals surface area contributed by atoms with Gasteiger partial charge in [0.25, 0.3) is 0 Å². The summed E-state index contributed by atoms with van der Waals surface area (Å²) in [5.41, 5.74) is 2.57. The Hall–Kier alpha value is -1.75. The highest BCUT2D eigenvalue weighted by molar-refractivity contribution is 5.78. The summed E-state index contributed by atoms with van der Waals surface area (Å²) in [4.78, 5) is 16.7. The van der Waals surface area contributed by atoms with Crippen LogP contribution in [0.2, 0.25) is 0 Å². The average Bonchev–Trinajstić information content (AvgIpc) is 2.77. The lowest BCUT2D eigenvalue weighted by Gasteiger charge is -2.22. The molecule has 0 amide bonds. The van der Waals surface area contributed by atoms with Crippen LogP contribution in [0.1, 0.15) is 12.8 Å². The van der Waals surface area contributed by atoms with Crippen molar-refractivity contribution in [2.45, 2.75) is 12.8 Å². The molecule has 1 aromatic carbocycles. The predicted molar refractivity (Wildman–Crippen MR) is 71.0 cm³/mol. The molecule has 3 rings (SSSR count). The quantitative estimate of drug-likeness (QED) is 0.773. The molecule has 3 N–H and O–H groups in total. The SMILES string of the molecule is O=c1[nH]c2ccc(NCC3CCOCC3)cc2[nH]1. The zero-order valence-corrected chi connectivity index (χ0v) is 10.2. The van der Waals surface area contributed by atoms with Crippen molar-refractivity contribution in [3.63, 3.8) is 0 Å². The van der Waals surface area contributed by atoms with E-state index >= 15 is 0 Å². The largest absolute Gasteiger partial charge is 0.385 e. The number of imidazole rings is 1. The van der Waals surface area contributed by atoms with Crippen LogP contribution in [0.5, 0.6) is 0 Å². The van der Waals surface area contributed by atoms with Crippen molar-refractivity contribution in [1.82, 2.24) is 9.97 Å². The fraction of sp³-hybridized carbons (Fsp3) is 0.462. The van der Waals surface area contributed by atoms with Crippen LogP contribution in [0.25, 0.3) is 11.0 Å². The second-order valence-corrected chi connectivity index (χ2v) is 4.78. The summed E-state index contributed by atoms with van der Waals surface area (Å²) in [7, 11) is 0. The van der Waals surface area contributed by atoms with Crippen molar-refractivity contribution < 1.29 is 4.74 Å². The lowest BCUT2D eigenvalue weighted by Crippen LogP contribution is -2.22. The molecule has 0 atom stereocenters. The normalized spacial score (nSPS) is 17.1. The standard InChI is InChI=1S/C13H17N3O2/c17-13-15-11-2-1-10(7-12(11)16-13)14-8-9-3-5-18-6-4-9/h1-2,7,9,14H,3-6,8H2,(H2,15,16,17). The molecule has 0 aliphatic carbocycles. The van der Waals surface area contributed by atoms with Crippen molar-refractivity contribution in [1.29, 1.82) is 0 Å². The zero-order chi connectivity index (χ0) is 12.4. The van der Waals surface area contributed by atoms with Crippen LogP contribution in [0.15, 0.2) is 23.0 Å². The van der Waals surface area contributed by atoms with Gasteiger partial charge in [-0.2, -0.15) is 0 Å². The first-order valence-electron chi connectivity index (χ1n) is 6.35. The van der Waals surface area contributed by atoms with Gasteiger partial charge in [0.2, 0.25) is 0 Å². The van der Waals surface area contributed by atoms with E-state index in [1.807, 2.05) is 18.2 Å². The minimum Gasteiger partial charge on any atom is -0.385 e. The third-order valence-corrected chi connectivity index (χ3v) is 3.45. The maximum atomic E-state index is 11.2. The summed E-state index contributed by atoms with van der Waals surface area (Å²) in [5, 5.41) is 3.42. The molecule has 1 aliphatic rings. The Morgan fingerprint density at radius 2 is 2.00 bits per heavy atom. The Morgan fingerprint density at radius 3 is 2.83 bits per heavy atom. The van der Waals surface area contributed by atoms with Gasteiger partial charge in [0.15, 0.2) is 0 Å². The summed E-state index contributed by atoms with van der Waals surface area (Å²) < 4.78 is 5.34. The fourth-order valence-electron chi connectivity index (χ4n) is 2.36. The molecule has 1 aromatic heterocycles. The number of aromatic nitrogens is 2. The molecule has 5 heteroatoms. The highest BCUT2D eigenvalue weighted by Crippen LogP contribution is 2.18. The van der Waals surface area contributed by atoms with Crippen molar-refractivity contribution in [2.75, 3.05) is 25.1 Å². The molecule has 1 fully saturated rings. The van der Waals surface area contributed by atoms with E-state index in [1.165, 1.54) is 0 Å². The number of hydrogen-bond acceptors (Lipinski definition) is 3. The first kappa shape index (κ1) is 11.3. The molecule has 18 heavy (non-hydrogen) atoms. The second-order valence-electron chi connectivity index (χ2n) is 4.78. The van der Waals surface area contributed by atoms with Gasteiger partial charge in [-0.05, 0) is 37.0 Å². The predicted octanol–water partition coefficient (Wildman–Crippen LogP) is 1.69. The van der Waals surface area contributed by atoms with Crippen LogP contribution < -0.4 is 11.0 Å². The summed E-state index contributed by atoms with van der Waals surface area (Å²) in [5.74, 6) is 0.680. The molecule has 1 saturated heterocycles. The number of benzene rings is 1. The topological polar surface area (TPSA) is 69.9 Å². The van der Waals surface area contributed by atoms with E-state index in [4.69, 9.17) is 4.74 Å². The molecule has 96 valence electrons. The van der Waals surface area contributed by atoms with Crippen molar-refractivity contribution in [2.24, 2.45) is 5.92 Å². The number of aromatic amines is 2. The van der Waals surface area contributed by atoms with E-state index in [0.717, 1.165) is 49.3 Å². The van der Waals surface area contributed by atoms with Crippen LogP contribution in [0.4, 0.5) is 5.69 Å². The molecule has 5 nitrogen and oxygen atoms in total. The molecule has 1 aliphatic heterocycles. The third-order valence-electron chi connectivity index (χ3n) is 3.45. The van der Waals surface area contributed by atoms with Gasteiger partial charge in [-0.3, -0.25) is 0 Å². The van der Waals surface area contributed by atoms with E-state index in [2.05, 4.69) is 15.3 Å². The first-order chi connectivity index (χ1) is 8.81. The molecule has 2 heterocycles. The van der Waals surface area contributed by atoms with Gasteiger partial charge in [0.1, 0.15) is 0 Å². The second kappa shape index (κ2) is 4.86. The van der Waals surface area contributed by atoms with Crippen LogP contribution in [-0.2, 0) is 4.74 Å². The van der Waals surface area contributed by atoms with Crippen molar-refractivity contribution >= 4 is 16.7 Å². The van der Waals surface area contributed by atoms with Gasteiger partial charge in [-0.25, -0.2) is 4.79 Å². The van der Waals surface area contributed by atoms with Gasteiger partial charge in [-0.1, -0.05) is 0 Å². The summed E-state index contributed by atoms with van der Waals surface area (Å²) in [6, 6.07) is 5.87. The molecule has 0 unspecified atom stereocenters. The minimum atomic E-state index is -0.161. The van der Waals surface area contributed by atoms with Crippen LogP contribution >= 0.6 is 0 Å². The third kappa shape index (κ3) is 2.41. The van der Waals surface area contributed by atoms with Gasteiger partial charge < -0.3 is 20.0 Å². The van der Waals surface area contributed by atoms with Gasteiger partial charge in [0, 0.05) is 25.4 Å². The smallest absolute Gasteiger partial charge is 0.323 e. The number of hydrogen-bond donors (Lipinski definition) is 3. The maximum Gasteiger partial charge on any atom is 0.323 e. The molecule has 0 radical (unpaired) electrons. The number of anilines is 1. The highest BCUT2D eigenvalue weighted by atomic mass is 16.5. The van der Waals surface area contributed by atoms with Crippen LogP contribution in [0.3, 0.4) is 0 Å². The Morgan fingerprint density at radius 1 is 1.22 bits per heavy atom. The van der Waals surface area contributed by atoms with Gasteiger partial charge >= 0.3 is 5.69 Å². The molecular formula is C13H17N3O2. The Balaban J connectivity index is 1.68. The lowest BCUT2D eigenvalue weighted by atomic mass is 10.0. The van der Waals surface area contributed by atoms with Crippen molar-refractivity contribution in [3.8, 4) is 0 Å². The maximum absolute atomic E-state index is 11.2. The number of rotatable bonds is 3. The Kier molecular flexibility index (Phi) is 3.06. The summed E-state index contributed by atoms with van der Waals surface area (Å²) >= 11 is 0. The highest BCUT2D eigenvalue weighted by Gasteiger charge is 2.13. The zero-order valence-electron chi connectivity index (χ0n) is 10.2. The molecule has 0 saturated carbocycles. The minimum absolute atomic E-state index is 0.161. The Bertz CT molecular complexity index is 581. The first-order valence-corrected chi connectivity index (χ1v) is 6.35. The van der Waals surface area contributed by atoms with E-state index in [0.29, 0.717) is 5.92 Å². The number of fused-ring (bicyclic) bond motifs is 1. The number of H-pyrrole nitrogens is 2. The molecular weight excluding hydrogens is 230 g/mol. The lowest BCUT2D eigenvalue weighted by molar-refractivity contribution is 0.0699. The number of ether oxygens (including phenoxy) is 1. The number of nitrogens with one attached hydrogen (secondary N) is 3. The molecule has 2 aromatic rings. The molecule has 0 spiro atoms. The van der Waals surface area contributed by atoms with E-state index < -0.39 is 0 Å². The molecule has 0 bridgehead atoms. The van der Waals surface area contributed by atoms with Crippen LogP contribution in [0, 0.1) is 5.92 Å². The van der Waals surface area contributed by atoms with E-state index in [1.54, 1.807) is 0 Å². The summed E-state index contributed by atoms with van der Waals surface area (Å²) in [6.07, 6.45) is 2.24. The average molecular weight is 247 g/mol. The van der Waals surface area contributed by atoms with Gasteiger partial charge in [0.05, 0.1) is 11.0 Å². The summed E-state index contributed by atoms with van der Waals surface area (Å²) in [6.45, 7) is 2.70.